The van der Waals surface area contributed by atoms with Crippen LogP contribution in [-0.4, -0.2) is 38.0 Å². The number of nitriles is 1. The zero-order chi connectivity index (χ0) is 19.5. The van der Waals surface area contributed by atoms with Gasteiger partial charge in [-0.1, -0.05) is 60.7 Å². The van der Waals surface area contributed by atoms with Gasteiger partial charge in [0, 0.05) is 12.7 Å². The van der Waals surface area contributed by atoms with Crippen LogP contribution in [0.2, 0.25) is 0 Å². The molecule has 0 aliphatic rings. The molecule has 0 bridgehead atoms. The SMILES string of the molecule is CN(C)CCCN/C=C(/C#N)C(=O)NC(c1ccccc1)c1ccccc1. The standard InChI is InChI=1S/C22H26N4O/c1-26(2)15-9-14-24-17-20(16-23)22(27)25-21(18-10-5-3-6-11-18)19-12-7-4-8-13-19/h3-8,10-13,17,21,24H,9,14-15H2,1-2H3,(H,25,27)/b20-17-. The van der Waals surface area contributed by atoms with Crippen molar-refractivity contribution in [2.45, 2.75) is 12.5 Å². The molecule has 0 atom stereocenters. The molecule has 5 nitrogen and oxygen atoms in total. The molecule has 0 aliphatic carbocycles. The van der Waals surface area contributed by atoms with Crippen LogP contribution >= 0.6 is 0 Å². The molecule has 2 rings (SSSR count). The van der Waals surface area contributed by atoms with E-state index in [0.717, 1.165) is 24.1 Å². The molecule has 0 spiro atoms. The first-order chi connectivity index (χ1) is 13.1. The third kappa shape index (κ3) is 6.61. The van der Waals surface area contributed by atoms with Gasteiger partial charge in [-0.2, -0.15) is 5.26 Å². The van der Waals surface area contributed by atoms with Crippen molar-refractivity contribution in [2.24, 2.45) is 0 Å². The number of amides is 1. The molecule has 2 N–H and O–H groups in total. The van der Waals surface area contributed by atoms with E-state index < -0.39 is 5.91 Å². The lowest BCUT2D eigenvalue weighted by Crippen LogP contribution is -2.31. The first-order valence-corrected chi connectivity index (χ1v) is 9.01. The van der Waals surface area contributed by atoms with E-state index in [1.54, 1.807) is 0 Å². The van der Waals surface area contributed by atoms with Crippen LogP contribution in [0.25, 0.3) is 0 Å². The van der Waals surface area contributed by atoms with E-state index in [1.807, 2.05) is 80.8 Å². The van der Waals surface area contributed by atoms with E-state index in [0.29, 0.717) is 6.54 Å². The average Bonchev–Trinajstić information content (AvgIpc) is 2.70. The second kappa shape index (κ2) is 10.8. The van der Waals surface area contributed by atoms with Crippen LogP contribution in [0.5, 0.6) is 0 Å². The number of carbonyl (C=O) groups is 1. The second-order valence-corrected chi connectivity index (χ2v) is 6.51. The summed E-state index contributed by atoms with van der Waals surface area (Å²) in [6, 6.07) is 21.1. The highest BCUT2D eigenvalue weighted by molar-refractivity contribution is 5.97. The summed E-state index contributed by atoms with van der Waals surface area (Å²) < 4.78 is 0. The van der Waals surface area contributed by atoms with Crippen molar-refractivity contribution in [3.8, 4) is 6.07 Å². The van der Waals surface area contributed by atoms with Crippen molar-refractivity contribution in [1.29, 1.82) is 5.26 Å². The Bertz CT molecular complexity index is 739. The minimum Gasteiger partial charge on any atom is -0.390 e. The minimum atomic E-state index is -0.393. The lowest BCUT2D eigenvalue weighted by Gasteiger charge is -2.19. The van der Waals surface area contributed by atoms with Gasteiger partial charge >= 0.3 is 0 Å². The molecule has 0 unspecified atom stereocenters. The van der Waals surface area contributed by atoms with Crippen LogP contribution in [-0.2, 0) is 4.79 Å². The van der Waals surface area contributed by atoms with Crippen LogP contribution in [0.3, 0.4) is 0 Å². The van der Waals surface area contributed by atoms with Crippen molar-refractivity contribution in [1.82, 2.24) is 15.5 Å². The molecular weight excluding hydrogens is 336 g/mol. The smallest absolute Gasteiger partial charge is 0.264 e. The largest absolute Gasteiger partial charge is 0.390 e. The Morgan fingerprint density at radius 3 is 2.11 bits per heavy atom. The Labute approximate surface area is 161 Å². The van der Waals surface area contributed by atoms with Crippen molar-refractivity contribution in [3.63, 3.8) is 0 Å². The second-order valence-electron chi connectivity index (χ2n) is 6.51. The molecule has 0 radical (unpaired) electrons. The summed E-state index contributed by atoms with van der Waals surface area (Å²) in [5.74, 6) is -0.393. The van der Waals surface area contributed by atoms with Crippen molar-refractivity contribution < 1.29 is 4.79 Å². The summed E-state index contributed by atoms with van der Waals surface area (Å²) in [4.78, 5) is 14.7. The predicted molar refractivity (Wildman–Crippen MR) is 108 cm³/mol. The van der Waals surface area contributed by atoms with Crippen LogP contribution < -0.4 is 10.6 Å². The van der Waals surface area contributed by atoms with E-state index in [4.69, 9.17) is 0 Å². The van der Waals surface area contributed by atoms with Crippen molar-refractivity contribution in [3.05, 3.63) is 83.6 Å². The highest BCUT2D eigenvalue weighted by Crippen LogP contribution is 2.22. The van der Waals surface area contributed by atoms with Gasteiger partial charge in [0.15, 0.2) is 0 Å². The Kier molecular flexibility index (Phi) is 8.08. The zero-order valence-electron chi connectivity index (χ0n) is 15.9. The monoisotopic (exact) mass is 362 g/mol. The third-order valence-corrected chi connectivity index (χ3v) is 4.08. The molecule has 1 amide bonds. The van der Waals surface area contributed by atoms with Crippen molar-refractivity contribution >= 4 is 5.91 Å². The van der Waals surface area contributed by atoms with Gasteiger partial charge in [0.25, 0.3) is 5.91 Å². The summed E-state index contributed by atoms with van der Waals surface area (Å²) in [5, 5.41) is 15.4. The number of nitrogens with one attached hydrogen (secondary N) is 2. The number of benzene rings is 2. The Morgan fingerprint density at radius 2 is 1.63 bits per heavy atom. The number of nitrogens with zero attached hydrogens (tertiary/aromatic N) is 2. The van der Waals surface area contributed by atoms with E-state index >= 15 is 0 Å². The molecule has 5 heteroatoms. The molecular formula is C22H26N4O. The lowest BCUT2D eigenvalue weighted by atomic mass is 9.98. The normalized spacial score (nSPS) is 11.3. The number of hydrogen-bond acceptors (Lipinski definition) is 4. The number of carbonyl (C=O) groups excluding carboxylic acids is 1. The van der Waals surface area contributed by atoms with Crippen LogP contribution in [0.4, 0.5) is 0 Å². The van der Waals surface area contributed by atoms with Gasteiger partial charge in [0.1, 0.15) is 11.6 Å². The summed E-state index contributed by atoms with van der Waals surface area (Å²) in [7, 11) is 4.02. The maximum absolute atomic E-state index is 12.7. The molecule has 140 valence electrons. The average molecular weight is 362 g/mol. The lowest BCUT2D eigenvalue weighted by molar-refractivity contribution is -0.117. The maximum Gasteiger partial charge on any atom is 0.264 e. The number of hydrogen-bond donors (Lipinski definition) is 2. The maximum atomic E-state index is 12.7. The summed E-state index contributed by atoms with van der Waals surface area (Å²) in [6.07, 6.45) is 2.43. The van der Waals surface area contributed by atoms with Gasteiger partial charge in [-0.15, -0.1) is 0 Å². The fraction of sp³-hybridized carbons (Fsp3) is 0.273. The molecule has 0 fully saturated rings. The topological polar surface area (TPSA) is 68.2 Å². The summed E-state index contributed by atoms with van der Waals surface area (Å²) >= 11 is 0. The zero-order valence-corrected chi connectivity index (χ0v) is 15.9. The Hall–Kier alpha value is -3.10. The molecule has 0 heterocycles. The van der Waals surface area contributed by atoms with Gasteiger partial charge < -0.3 is 15.5 Å². The predicted octanol–water partition coefficient (Wildman–Crippen LogP) is 2.84. The third-order valence-electron chi connectivity index (χ3n) is 4.08. The molecule has 0 aromatic heterocycles. The highest BCUT2D eigenvalue weighted by Gasteiger charge is 2.18. The quantitative estimate of drug-likeness (QED) is 0.409. The Balaban J connectivity index is 2.09. The van der Waals surface area contributed by atoms with E-state index in [-0.39, 0.29) is 11.6 Å². The van der Waals surface area contributed by atoms with Gasteiger partial charge in [-0.3, -0.25) is 4.79 Å². The molecule has 0 saturated heterocycles. The molecule has 27 heavy (non-hydrogen) atoms. The molecule has 0 aliphatic heterocycles. The van der Waals surface area contributed by atoms with Gasteiger partial charge in [-0.25, -0.2) is 0 Å². The van der Waals surface area contributed by atoms with Gasteiger partial charge in [-0.05, 0) is 38.2 Å². The molecule has 2 aromatic rings. The summed E-state index contributed by atoms with van der Waals surface area (Å²) in [6.45, 7) is 1.65. The van der Waals surface area contributed by atoms with Gasteiger partial charge in [0.05, 0.1) is 6.04 Å². The fourth-order valence-corrected chi connectivity index (χ4v) is 2.68. The highest BCUT2D eigenvalue weighted by atomic mass is 16.1. The first kappa shape index (κ1) is 20.2. The molecule has 2 aromatic carbocycles. The van der Waals surface area contributed by atoms with Crippen LogP contribution in [0, 0.1) is 11.3 Å². The van der Waals surface area contributed by atoms with Gasteiger partial charge in [0.2, 0.25) is 0 Å². The minimum absolute atomic E-state index is 0.0664. The first-order valence-electron chi connectivity index (χ1n) is 9.01. The summed E-state index contributed by atoms with van der Waals surface area (Å²) in [5.41, 5.74) is 2.00. The number of rotatable bonds is 9. The van der Waals surface area contributed by atoms with Crippen LogP contribution in [0.1, 0.15) is 23.6 Å². The van der Waals surface area contributed by atoms with E-state index in [9.17, 15) is 10.1 Å². The molecule has 0 saturated carbocycles. The van der Waals surface area contributed by atoms with E-state index in [2.05, 4.69) is 15.5 Å². The van der Waals surface area contributed by atoms with E-state index in [1.165, 1.54) is 6.20 Å². The van der Waals surface area contributed by atoms with Crippen molar-refractivity contribution in [2.75, 3.05) is 27.2 Å². The fourth-order valence-electron chi connectivity index (χ4n) is 2.68. The Morgan fingerprint density at radius 1 is 1.07 bits per heavy atom. The van der Waals surface area contributed by atoms with Crippen LogP contribution in [0.15, 0.2) is 72.4 Å².